The lowest BCUT2D eigenvalue weighted by atomic mass is 10.1. The zero-order chi connectivity index (χ0) is 18.2. The molecule has 2 heterocycles. The minimum atomic E-state index is -0.201. The van der Waals surface area contributed by atoms with Gasteiger partial charge in [-0.2, -0.15) is 0 Å². The molecule has 25 heavy (non-hydrogen) atoms. The van der Waals surface area contributed by atoms with Crippen LogP contribution < -0.4 is 10.6 Å². The lowest BCUT2D eigenvalue weighted by molar-refractivity contribution is 0.0871. The van der Waals surface area contributed by atoms with Crippen LogP contribution in [0.3, 0.4) is 0 Å². The second-order valence-electron chi connectivity index (χ2n) is 6.51. The summed E-state index contributed by atoms with van der Waals surface area (Å²) in [4.78, 5) is 26.6. The highest BCUT2D eigenvalue weighted by Crippen LogP contribution is 2.27. The lowest BCUT2D eigenvalue weighted by Crippen LogP contribution is -2.44. The number of ether oxygens (including phenoxy) is 1. The molecule has 1 saturated heterocycles. The molecule has 1 aliphatic heterocycles. The molecule has 2 N–H and O–H groups in total. The van der Waals surface area contributed by atoms with E-state index in [1.165, 1.54) is 11.3 Å². The Morgan fingerprint density at radius 3 is 2.88 bits per heavy atom. The van der Waals surface area contributed by atoms with E-state index in [0.717, 1.165) is 24.1 Å². The Kier molecular flexibility index (Phi) is 7.71. The van der Waals surface area contributed by atoms with E-state index >= 15 is 0 Å². The Labute approximate surface area is 153 Å². The van der Waals surface area contributed by atoms with Crippen molar-refractivity contribution in [3.63, 3.8) is 0 Å². The Morgan fingerprint density at radius 1 is 1.40 bits per heavy atom. The van der Waals surface area contributed by atoms with E-state index in [-0.39, 0.29) is 30.1 Å². The molecule has 0 aromatic carbocycles. The van der Waals surface area contributed by atoms with Gasteiger partial charge in [-0.1, -0.05) is 6.07 Å². The van der Waals surface area contributed by atoms with Gasteiger partial charge in [0.15, 0.2) is 0 Å². The molecule has 7 heteroatoms. The quantitative estimate of drug-likeness (QED) is 0.693. The molecule has 1 fully saturated rings. The van der Waals surface area contributed by atoms with E-state index in [4.69, 9.17) is 4.74 Å². The summed E-state index contributed by atoms with van der Waals surface area (Å²) in [5, 5.41) is 8.23. The van der Waals surface area contributed by atoms with Crippen molar-refractivity contribution < 1.29 is 14.3 Å². The van der Waals surface area contributed by atoms with Crippen molar-refractivity contribution in [1.29, 1.82) is 0 Å². The predicted molar refractivity (Wildman–Crippen MR) is 100 cm³/mol. The zero-order valence-corrected chi connectivity index (χ0v) is 16.1. The molecular weight excluding hydrogens is 338 g/mol. The highest BCUT2D eigenvalue weighted by molar-refractivity contribution is 7.12. The number of likely N-dealkylation sites (tertiary alicyclic amines) is 1. The third-order valence-electron chi connectivity index (χ3n) is 4.54. The van der Waals surface area contributed by atoms with Crippen molar-refractivity contribution in [2.24, 2.45) is 0 Å². The molecule has 0 aliphatic carbocycles. The SMILES string of the molecule is CCOC(=O)N1C(C)CCC1CC(C)NCCNC(=O)c1cccs1. The maximum Gasteiger partial charge on any atom is 0.410 e. The summed E-state index contributed by atoms with van der Waals surface area (Å²) in [5.74, 6) is -0.0254. The Morgan fingerprint density at radius 2 is 2.20 bits per heavy atom. The topological polar surface area (TPSA) is 70.7 Å². The number of nitrogens with one attached hydrogen (secondary N) is 2. The first-order valence-corrected chi connectivity index (χ1v) is 9.91. The molecular formula is C18H29N3O3S. The van der Waals surface area contributed by atoms with Crippen LogP contribution in [0.5, 0.6) is 0 Å². The summed E-state index contributed by atoms with van der Waals surface area (Å²) in [7, 11) is 0. The molecule has 2 rings (SSSR count). The van der Waals surface area contributed by atoms with E-state index < -0.39 is 0 Å². The van der Waals surface area contributed by atoms with Crippen molar-refractivity contribution in [2.75, 3.05) is 19.7 Å². The fourth-order valence-corrected chi connectivity index (χ4v) is 3.95. The summed E-state index contributed by atoms with van der Waals surface area (Å²) < 4.78 is 5.19. The third-order valence-corrected chi connectivity index (χ3v) is 5.41. The van der Waals surface area contributed by atoms with Crippen molar-refractivity contribution in [1.82, 2.24) is 15.5 Å². The summed E-state index contributed by atoms with van der Waals surface area (Å²) in [6.45, 7) is 7.74. The Balaban J connectivity index is 1.69. The second-order valence-corrected chi connectivity index (χ2v) is 7.46. The van der Waals surface area contributed by atoms with Crippen LogP contribution in [0.1, 0.15) is 49.7 Å². The first-order chi connectivity index (χ1) is 12.0. The van der Waals surface area contributed by atoms with Gasteiger partial charge in [0.2, 0.25) is 0 Å². The minimum absolute atomic E-state index is 0.0254. The maximum atomic E-state index is 12.1. The van der Waals surface area contributed by atoms with Crippen molar-refractivity contribution in [2.45, 2.75) is 58.2 Å². The van der Waals surface area contributed by atoms with Crippen molar-refractivity contribution in [3.8, 4) is 0 Å². The van der Waals surface area contributed by atoms with Gasteiger partial charge in [0.05, 0.1) is 11.5 Å². The maximum absolute atomic E-state index is 12.1. The predicted octanol–water partition coefficient (Wildman–Crippen LogP) is 2.86. The standard InChI is InChI=1S/C18H29N3O3S/c1-4-24-18(23)21-14(3)7-8-15(21)12-13(2)19-9-10-20-17(22)16-6-5-11-25-16/h5-6,11,13-15,19H,4,7-10,12H2,1-3H3,(H,20,22). The van der Waals surface area contributed by atoms with Gasteiger partial charge in [0.25, 0.3) is 5.91 Å². The first-order valence-electron chi connectivity index (χ1n) is 9.03. The largest absolute Gasteiger partial charge is 0.450 e. The number of thiophene rings is 1. The molecule has 1 aromatic rings. The molecule has 2 amide bonds. The summed E-state index contributed by atoms with van der Waals surface area (Å²) >= 11 is 1.44. The monoisotopic (exact) mass is 367 g/mol. The number of rotatable bonds is 8. The van der Waals surface area contributed by atoms with E-state index in [0.29, 0.717) is 19.7 Å². The number of nitrogens with zero attached hydrogens (tertiary/aromatic N) is 1. The van der Waals surface area contributed by atoms with Gasteiger partial charge in [-0.25, -0.2) is 4.79 Å². The summed E-state index contributed by atoms with van der Waals surface area (Å²) in [6, 6.07) is 4.42. The minimum Gasteiger partial charge on any atom is -0.450 e. The molecule has 0 spiro atoms. The van der Waals surface area contributed by atoms with Gasteiger partial charge in [-0.05, 0) is 51.5 Å². The fraction of sp³-hybridized carbons (Fsp3) is 0.667. The van der Waals surface area contributed by atoms with Crippen LogP contribution in [0.25, 0.3) is 0 Å². The molecule has 0 saturated carbocycles. The van der Waals surface area contributed by atoms with Gasteiger partial charge in [-0.15, -0.1) is 11.3 Å². The number of carbonyl (C=O) groups excluding carboxylic acids is 2. The number of carbonyl (C=O) groups is 2. The van der Waals surface area contributed by atoms with Gasteiger partial charge >= 0.3 is 6.09 Å². The Hall–Kier alpha value is -1.60. The number of hydrogen-bond donors (Lipinski definition) is 2. The Bertz CT molecular complexity index is 550. The zero-order valence-electron chi connectivity index (χ0n) is 15.3. The molecule has 3 atom stereocenters. The summed E-state index contributed by atoms with van der Waals surface area (Å²) in [5.41, 5.74) is 0. The number of amides is 2. The molecule has 0 bridgehead atoms. The fourth-order valence-electron chi connectivity index (χ4n) is 3.31. The van der Waals surface area contributed by atoms with Crippen molar-refractivity contribution >= 4 is 23.3 Å². The molecule has 140 valence electrons. The lowest BCUT2D eigenvalue weighted by Gasteiger charge is -2.29. The van der Waals surface area contributed by atoms with E-state index in [2.05, 4.69) is 24.5 Å². The first kappa shape index (κ1) is 19.7. The van der Waals surface area contributed by atoms with Crippen LogP contribution >= 0.6 is 11.3 Å². The van der Waals surface area contributed by atoms with Gasteiger partial charge in [-0.3, -0.25) is 4.79 Å². The molecule has 1 aliphatic rings. The smallest absolute Gasteiger partial charge is 0.410 e. The van der Waals surface area contributed by atoms with Gasteiger partial charge < -0.3 is 20.3 Å². The van der Waals surface area contributed by atoms with Crippen LogP contribution in [0.15, 0.2) is 17.5 Å². The molecule has 6 nitrogen and oxygen atoms in total. The van der Waals surface area contributed by atoms with Crippen LogP contribution in [-0.2, 0) is 4.74 Å². The molecule has 3 unspecified atom stereocenters. The van der Waals surface area contributed by atoms with Gasteiger partial charge in [0, 0.05) is 31.2 Å². The molecule has 1 aromatic heterocycles. The normalized spacial score (nSPS) is 21.2. The van der Waals surface area contributed by atoms with E-state index in [1.807, 2.05) is 29.3 Å². The van der Waals surface area contributed by atoms with Crippen LogP contribution in [0.2, 0.25) is 0 Å². The average molecular weight is 368 g/mol. The number of hydrogen-bond acceptors (Lipinski definition) is 5. The average Bonchev–Trinajstić information content (AvgIpc) is 3.22. The van der Waals surface area contributed by atoms with Gasteiger partial charge in [0.1, 0.15) is 0 Å². The summed E-state index contributed by atoms with van der Waals surface area (Å²) in [6.07, 6.45) is 2.73. The van der Waals surface area contributed by atoms with Crippen LogP contribution in [0, 0.1) is 0 Å². The molecule has 0 radical (unpaired) electrons. The van der Waals surface area contributed by atoms with Crippen LogP contribution in [-0.4, -0.2) is 54.7 Å². The van der Waals surface area contributed by atoms with E-state index in [9.17, 15) is 9.59 Å². The van der Waals surface area contributed by atoms with Crippen LogP contribution in [0.4, 0.5) is 4.79 Å². The van der Waals surface area contributed by atoms with Crippen molar-refractivity contribution in [3.05, 3.63) is 22.4 Å². The highest BCUT2D eigenvalue weighted by atomic mass is 32.1. The second kappa shape index (κ2) is 9.77. The van der Waals surface area contributed by atoms with E-state index in [1.54, 1.807) is 0 Å². The highest BCUT2D eigenvalue weighted by Gasteiger charge is 2.35. The third kappa shape index (κ3) is 5.71.